The van der Waals surface area contributed by atoms with Crippen LogP contribution in [0.2, 0.25) is 0 Å². The van der Waals surface area contributed by atoms with Crippen LogP contribution in [0.5, 0.6) is 0 Å². The molecular weight excluding hydrogens is 307 g/mol. The minimum absolute atomic E-state index is 0. The Hall–Kier alpha value is -0.160. The average molecular weight is 324 g/mol. The Labute approximate surface area is 116 Å². The molecule has 1 saturated heterocycles. The first-order valence-electron chi connectivity index (χ1n) is 5.53. The predicted octanol–water partition coefficient (Wildman–Crippen LogP) is 2.80. The van der Waals surface area contributed by atoms with Gasteiger partial charge in [-0.1, -0.05) is 22.0 Å². The van der Waals surface area contributed by atoms with E-state index >= 15 is 0 Å². The molecule has 0 radical (unpaired) electrons. The van der Waals surface area contributed by atoms with Gasteiger partial charge in [0.25, 0.3) is 0 Å². The van der Waals surface area contributed by atoms with Gasteiger partial charge in [-0.3, -0.25) is 4.90 Å². The normalized spacial score (nSPS) is 20.3. The summed E-state index contributed by atoms with van der Waals surface area (Å²) < 4.78 is 14.5. The maximum atomic E-state index is 13.6. The Bertz CT molecular complexity index is 355. The van der Waals surface area contributed by atoms with Crippen molar-refractivity contribution in [2.24, 2.45) is 0 Å². The van der Waals surface area contributed by atoms with E-state index in [1.165, 1.54) is 6.07 Å². The van der Waals surface area contributed by atoms with Gasteiger partial charge < -0.3 is 5.32 Å². The molecule has 96 valence electrons. The highest BCUT2D eigenvalue weighted by molar-refractivity contribution is 9.10. The van der Waals surface area contributed by atoms with Crippen LogP contribution in [0.25, 0.3) is 0 Å². The van der Waals surface area contributed by atoms with Crippen LogP contribution in [-0.2, 0) is 6.54 Å². The highest BCUT2D eigenvalue weighted by Gasteiger charge is 2.22. The number of halogens is 3. The molecular formula is C12H17BrClFN2. The zero-order chi connectivity index (χ0) is 11.5. The fraction of sp³-hybridized carbons (Fsp3) is 0.500. The largest absolute Gasteiger partial charge is 0.316 e. The molecule has 1 fully saturated rings. The van der Waals surface area contributed by atoms with Crippen molar-refractivity contribution >= 4 is 28.3 Å². The third kappa shape index (κ3) is 3.65. The van der Waals surface area contributed by atoms with Gasteiger partial charge in [0.15, 0.2) is 0 Å². The zero-order valence-electron chi connectivity index (χ0n) is 9.75. The number of benzene rings is 1. The summed E-state index contributed by atoms with van der Waals surface area (Å²) in [6.45, 7) is 2.72. The molecule has 0 aromatic heterocycles. The number of rotatable bonds is 3. The lowest BCUT2D eigenvalue weighted by atomic mass is 10.2. The summed E-state index contributed by atoms with van der Waals surface area (Å²) in [5.74, 6) is -0.123. The van der Waals surface area contributed by atoms with Crippen LogP contribution in [0.3, 0.4) is 0 Å². The maximum absolute atomic E-state index is 13.6. The molecule has 0 saturated carbocycles. The highest BCUT2D eigenvalue weighted by atomic mass is 79.9. The summed E-state index contributed by atoms with van der Waals surface area (Å²) in [6.07, 6.45) is 1.14. The van der Waals surface area contributed by atoms with Gasteiger partial charge in [-0.05, 0) is 25.6 Å². The zero-order valence-corrected chi connectivity index (χ0v) is 12.2. The molecule has 0 spiro atoms. The quantitative estimate of drug-likeness (QED) is 0.920. The number of hydrogen-bond donors (Lipinski definition) is 1. The number of likely N-dealkylation sites (N-methyl/N-ethyl adjacent to an activating group) is 1. The van der Waals surface area contributed by atoms with Crippen LogP contribution in [0, 0.1) is 5.82 Å². The van der Waals surface area contributed by atoms with Crippen molar-refractivity contribution in [1.82, 2.24) is 10.2 Å². The Morgan fingerprint density at radius 2 is 2.29 bits per heavy atom. The van der Waals surface area contributed by atoms with Crippen LogP contribution >= 0.6 is 28.3 Å². The van der Waals surface area contributed by atoms with Crippen molar-refractivity contribution in [3.8, 4) is 0 Å². The smallest absolute Gasteiger partial charge is 0.128 e. The topological polar surface area (TPSA) is 15.3 Å². The van der Waals surface area contributed by atoms with Crippen molar-refractivity contribution in [1.29, 1.82) is 0 Å². The summed E-state index contributed by atoms with van der Waals surface area (Å²) in [6, 6.07) is 5.68. The molecule has 2 rings (SSSR count). The predicted molar refractivity (Wildman–Crippen MR) is 74.1 cm³/mol. The van der Waals surface area contributed by atoms with Crippen LogP contribution in [0.4, 0.5) is 4.39 Å². The first-order valence-corrected chi connectivity index (χ1v) is 6.32. The van der Waals surface area contributed by atoms with E-state index < -0.39 is 0 Å². The summed E-state index contributed by atoms with van der Waals surface area (Å²) >= 11 is 3.40. The molecule has 17 heavy (non-hydrogen) atoms. The standard InChI is InChI=1S/C12H16BrFN2.ClH/c1-15-9-5-6-16(7-9)8-10-11(13)3-2-4-12(10)14;/h2-4,9,15H,5-8H2,1H3;1H. The lowest BCUT2D eigenvalue weighted by Crippen LogP contribution is -2.29. The van der Waals surface area contributed by atoms with Crippen molar-refractivity contribution in [3.05, 3.63) is 34.1 Å². The second-order valence-electron chi connectivity index (χ2n) is 4.21. The molecule has 1 aromatic rings. The first-order chi connectivity index (χ1) is 7.70. The molecule has 0 amide bonds. The lowest BCUT2D eigenvalue weighted by molar-refractivity contribution is 0.316. The average Bonchev–Trinajstić information content (AvgIpc) is 2.71. The van der Waals surface area contributed by atoms with Gasteiger partial charge in [0, 0.05) is 35.7 Å². The van der Waals surface area contributed by atoms with Gasteiger partial charge in [0.1, 0.15) is 5.82 Å². The Morgan fingerprint density at radius 3 is 2.88 bits per heavy atom. The van der Waals surface area contributed by atoms with Gasteiger partial charge in [-0.2, -0.15) is 0 Å². The molecule has 1 N–H and O–H groups in total. The van der Waals surface area contributed by atoms with Crippen molar-refractivity contribution < 1.29 is 4.39 Å². The molecule has 1 aliphatic heterocycles. The van der Waals surface area contributed by atoms with Crippen LogP contribution in [0.15, 0.2) is 22.7 Å². The van der Waals surface area contributed by atoms with E-state index in [4.69, 9.17) is 0 Å². The van der Waals surface area contributed by atoms with E-state index in [0.717, 1.165) is 29.5 Å². The Balaban J connectivity index is 0.00000144. The molecule has 1 atom stereocenters. The molecule has 1 unspecified atom stereocenters. The molecule has 1 aliphatic rings. The number of hydrogen-bond acceptors (Lipinski definition) is 2. The molecule has 5 heteroatoms. The summed E-state index contributed by atoms with van der Waals surface area (Å²) in [5.41, 5.74) is 0.763. The van der Waals surface area contributed by atoms with E-state index in [2.05, 4.69) is 26.1 Å². The minimum Gasteiger partial charge on any atom is -0.316 e. The molecule has 1 heterocycles. The molecule has 0 aliphatic carbocycles. The van der Waals surface area contributed by atoms with Crippen LogP contribution < -0.4 is 5.32 Å². The SMILES string of the molecule is CNC1CCN(Cc2c(F)cccc2Br)C1.Cl. The molecule has 2 nitrogen and oxygen atoms in total. The third-order valence-electron chi connectivity index (χ3n) is 3.12. The van der Waals surface area contributed by atoms with Gasteiger partial charge in [-0.15, -0.1) is 12.4 Å². The second-order valence-corrected chi connectivity index (χ2v) is 5.06. The molecule has 1 aromatic carbocycles. The van der Waals surface area contributed by atoms with Gasteiger partial charge in [0.05, 0.1) is 0 Å². The van der Waals surface area contributed by atoms with Crippen LogP contribution in [0.1, 0.15) is 12.0 Å². The summed E-state index contributed by atoms with van der Waals surface area (Å²) in [5, 5.41) is 3.26. The Kier molecular flexibility index (Phi) is 5.86. The number of nitrogens with one attached hydrogen (secondary N) is 1. The first kappa shape index (κ1) is 14.9. The maximum Gasteiger partial charge on any atom is 0.128 e. The molecule has 0 bridgehead atoms. The van der Waals surface area contributed by atoms with Crippen molar-refractivity contribution in [3.63, 3.8) is 0 Å². The fourth-order valence-electron chi connectivity index (χ4n) is 2.12. The van der Waals surface area contributed by atoms with E-state index in [0.29, 0.717) is 12.6 Å². The minimum atomic E-state index is -0.123. The number of likely N-dealkylation sites (tertiary alicyclic amines) is 1. The third-order valence-corrected chi connectivity index (χ3v) is 3.87. The van der Waals surface area contributed by atoms with Gasteiger partial charge >= 0.3 is 0 Å². The number of nitrogens with zero attached hydrogens (tertiary/aromatic N) is 1. The van der Waals surface area contributed by atoms with Crippen LogP contribution in [-0.4, -0.2) is 31.1 Å². The second kappa shape index (κ2) is 6.69. The van der Waals surface area contributed by atoms with E-state index in [1.807, 2.05) is 13.1 Å². The fourth-order valence-corrected chi connectivity index (χ4v) is 2.59. The van der Waals surface area contributed by atoms with Crippen molar-refractivity contribution in [2.75, 3.05) is 20.1 Å². The van der Waals surface area contributed by atoms with E-state index in [-0.39, 0.29) is 18.2 Å². The van der Waals surface area contributed by atoms with E-state index in [1.54, 1.807) is 6.07 Å². The van der Waals surface area contributed by atoms with Crippen molar-refractivity contribution in [2.45, 2.75) is 19.0 Å². The highest BCUT2D eigenvalue weighted by Crippen LogP contribution is 2.23. The van der Waals surface area contributed by atoms with Gasteiger partial charge in [0.2, 0.25) is 0 Å². The summed E-state index contributed by atoms with van der Waals surface area (Å²) in [7, 11) is 1.98. The van der Waals surface area contributed by atoms with Gasteiger partial charge in [-0.25, -0.2) is 4.39 Å². The summed E-state index contributed by atoms with van der Waals surface area (Å²) in [4.78, 5) is 2.28. The Morgan fingerprint density at radius 1 is 1.53 bits per heavy atom. The monoisotopic (exact) mass is 322 g/mol. The van der Waals surface area contributed by atoms with E-state index in [9.17, 15) is 4.39 Å². The lowest BCUT2D eigenvalue weighted by Gasteiger charge is -2.17.